The van der Waals surface area contributed by atoms with E-state index >= 15 is 0 Å². The zero-order valence-electron chi connectivity index (χ0n) is 11.7. The maximum Gasteiger partial charge on any atom is 0.272 e. The third-order valence-electron chi connectivity index (χ3n) is 3.59. The number of hydrogen-bond donors (Lipinski definition) is 2. The van der Waals surface area contributed by atoms with Crippen molar-refractivity contribution in [1.29, 1.82) is 0 Å². The molecule has 1 aromatic rings. The minimum Gasteiger partial charge on any atom is -0.396 e. The monoisotopic (exact) mass is 280 g/mol. The maximum absolute atomic E-state index is 12.5. The van der Waals surface area contributed by atoms with Crippen LogP contribution in [-0.4, -0.2) is 57.3 Å². The molecule has 1 fully saturated rings. The fourth-order valence-electron chi connectivity index (χ4n) is 2.58. The normalized spacial score (nSPS) is 22.1. The Morgan fingerprint density at radius 1 is 1.50 bits per heavy atom. The van der Waals surface area contributed by atoms with Gasteiger partial charge in [0.1, 0.15) is 5.69 Å². The molecule has 0 aliphatic carbocycles. The van der Waals surface area contributed by atoms with Gasteiger partial charge in [-0.15, -0.1) is 0 Å². The molecule has 0 bridgehead atoms. The van der Waals surface area contributed by atoms with Gasteiger partial charge in [-0.1, -0.05) is 0 Å². The molecule has 7 nitrogen and oxygen atoms in total. The van der Waals surface area contributed by atoms with E-state index in [1.54, 1.807) is 21.8 Å². The van der Waals surface area contributed by atoms with Crippen LogP contribution in [0.2, 0.25) is 0 Å². The van der Waals surface area contributed by atoms with Gasteiger partial charge < -0.3 is 15.3 Å². The van der Waals surface area contributed by atoms with Gasteiger partial charge in [0.15, 0.2) is 0 Å². The van der Waals surface area contributed by atoms with Crippen molar-refractivity contribution < 1.29 is 14.7 Å². The molecule has 20 heavy (non-hydrogen) atoms. The fourth-order valence-corrected chi connectivity index (χ4v) is 2.58. The number of likely N-dealkylation sites (tertiary alicyclic amines) is 1. The van der Waals surface area contributed by atoms with Gasteiger partial charge in [0, 0.05) is 45.3 Å². The molecule has 2 atom stereocenters. The number of aryl methyl sites for hydroxylation is 1. The molecule has 2 N–H and O–H groups in total. The minimum absolute atomic E-state index is 0.0538. The predicted octanol–water partition coefficient (Wildman–Crippen LogP) is -0.528. The number of rotatable bonds is 4. The lowest BCUT2D eigenvalue weighted by Crippen LogP contribution is -2.40. The largest absolute Gasteiger partial charge is 0.396 e. The van der Waals surface area contributed by atoms with Gasteiger partial charge in [0.25, 0.3) is 5.91 Å². The summed E-state index contributed by atoms with van der Waals surface area (Å²) in [7, 11) is 0. The van der Waals surface area contributed by atoms with Crippen LogP contribution in [0.3, 0.4) is 0 Å². The van der Waals surface area contributed by atoms with E-state index in [1.165, 1.54) is 6.92 Å². The molecule has 0 spiro atoms. The van der Waals surface area contributed by atoms with Crippen LogP contribution >= 0.6 is 0 Å². The number of hydrogen-bond acceptors (Lipinski definition) is 4. The van der Waals surface area contributed by atoms with Crippen LogP contribution in [-0.2, 0) is 11.3 Å². The maximum atomic E-state index is 12.5. The highest BCUT2D eigenvalue weighted by Crippen LogP contribution is 2.19. The zero-order valence-corrected chi connectivity index (χ0v) is 11.7. The second-order valence-electron chi connectivity index (χ2n) is 4.99. The lowest BCUT2D eigenvalue weighted by Gasteiger charge is -2.17. The number of carbonyl (C=O) groups excluding carboxylic acids is 2. The van der Waals surface area contributed by atoms with Crippen molar-refractivity contribution in [2.45, 2.75) is 26.4 Å². The number of aromatic nitrogens is 2. The topological polar surface area (TPSA) is 87.5 Å². The second kappa shape index (κ2) is 6.04. The standard InChI is InChI=1S/C13H20N4O3/c1-3-17-12(4-5-14-17)13(20)16-6-10(8-18)11(7-16)15-9(2)19/h4-5,10-11,18H,3,6-8H2,1-2H3,(H,15,19)/t10-,11+/m0/s1. The molecule has 1 aliphatic heterocycles. The van der Waals surface area contributed by atoms with Crippen LogP contribution in [0.25, 0.3) is 0 Å². The average molecular weight is 280 g/mol. The van der Waals surface area contributed by atoms with E-state index in [-0.39, 0.29) is 30.4 Å². The molecule has 0 unspecified atom stereocenters. The van der Waals surface area contributed by atoms with Crippen molar-refractivity contribution >= 4 is 11.8 Å². The summed E-state index contributed by atoms with van der Waals surface area (Å²) in [5.41, 5.74) is 0.535. The summed E-state index contributed by atoms with van der Waals surface area (Å²) in [6.45, 7) is 4.78. The van der Waals surface area contributed by atoms with Crippen molar-refractivity contribution in [3.63, 3.8) is 0 Å². The highest BCUT2D eigenvalue weighted by atomic mass is 16.3. The SMILES string of the molecule is CCn1nccc1C(=O)N1C[C@@H](CO)[C@H](NC(C)=O)C1. The Balaban J connectivity index is 2.10. The van der Waals surface area contributed by atoms with E-state index < -0.39 is 0 Å². The first-order valence-electron chi connectivity index (χ1n) is 6.75. The molecule has 110 valence electrons. The van der Waals surface area contributed by atoms with E-state index in [1.807, 2.05) is 6.92 Å². The quantitative estimate of drug-likeness (QED) is 0.776. The van der Waals surface area contributed by atoms with Crippen molar-refractivity contribution in [2.75, 3.05) is 19.7 Å². The number of amides is 2. The molecular formula is C13H20N4O3. The summed E-state index contributed by atoms with van der Waals surface area (Å²) in [6, 6.07) is 1.49. The molecular weight excluding hydrogens is 260 g/mol. The number of nitrogens with one attached hydrogen (secondary N) is 1. The van der Waals surface area contributed by atoms with Crippen molar-refractivity contribution in [3.05, 3.63) is 18.0 Å². The van der Waals surface area contributed by atoms with Crippen LogP contribution in [0.15, 0.2) is 12.3 Å². The predicted molar refractivity (Wildman–Crippen MR) is 72.0 cm³/mol. The number of nitrogens with zero attached hydrogens (tertiary/aromatic N) is 3. The van der Waals surface area contributed by atoms with E-state index in [2.05, 4.69) is 10.4 Å². The number of aliphatic hydroxyl groups excluding tert-OH is 1. The summed E-state index contributed by atoms with van der Waals surface area (Å²) < 4.78 is 1.64. The summed E-state index contributed by atoms with van der Waals surface area (Å²) in [5, 5.41) is 16.2. The second-order valence-corrected chi connectivity index (χ2v) is 4.99. The van der Waals surface area contributed by atoms with E-state index in [0.29, 0.717) is 25.3 Å². The average Bonchev–Trinajstić information content (AvgIpc) is 3.03. The molecule has 0 aromatic carbocycles. The third kappa shape index (κ3) is 2.82. The van der Waals surface area contributed by atoms with Crippen LogP contribution in [0.4, 0.5) is 0 Å². The van der Waals surface area contributed by atoms with Crippen molar-refractivity contribution in [3.8, 4) is 0 Å². The highest BCUT2D eigenvalue weighted by Gasteiger charge is 2.36. The molecule has 2 heterocycles. The van der Waals surface area contributed by atoms with Crippen LogP contribution in [0.1, 0.15) is 24.3 Å². The summed E-state index contributed by atoms with van der Waals surface area (Å²) in [4.78, 5) is 25.3. The van der Waals surface area contributed by atoms with Crippen molar-refractivity contribution in [2.24, 2.45) is 5.92 Å². The van der Waals surface area contributed by atoms with E-state index in [0.717, 1.165) is 0 Å². The van der Waals surface area contributed by atoms with Crippen LogP contribution < -0.4 is 5.32 Å². The first kappa shape index (κ1) is 14.5. The summed E-state index contributed by atoms with van der Waals surface area (Å²) in [5.74, 6) is -0.391. The molecule has 0 radical (unpaired) electrons. The fraction of sp³-hybridized carbons (Fsp3) is 0.615. The van der Waals surface area contributed by atoms with Gasteiger partial charge in [0.2, 0.25) is 5.91 Å². The molecule has 2 amide bonds. The Bertz CT molecular complexity index is 500. The van der Waals surface area contributed by atoms with Gasteiger partial charge in [-0.2, -0.15) is 5.10 Å². The highest BCUT2D eigenvalue weighted by molar-refractivity contribution is 5.92. The van der Waals surface area contributed by atoms with Crippen LogP contribution in [0, 0.1) is 5.92 Å². The Labute approximate surface area is 117 Å². The van der Waals surface area contributed by atoms with Crippen molar-refractivity contribution in [1.82, 2.24) is 20.0 Å². The Kier molecular flexibility index (Phi) is 4.39. The molecule has 1 aliphatic rings. The lowest BCUT2D eigenvalue weighted by molar-refractivity contribution is -0.119. The molecule has 0 saturated carbocycles. The molecule has 1 saturated heterocycles. The van der Waals surface area contributed by atoms with E-state index in [4.69, 9.17) is 0 Å². The first-order chi connectivity index (χ1) is 9.56. The molecule has 1 aromatic heterocycles. The third-order valence-corrected chi connectivity index (χ3v) is 3.59. The zero-order chi connectivity index (χ0) is 14.7. The lowest BCUT2D eigenvalue weighted by atomic mass is 10.1. The summed E-state index contributed by atoms with van der Waals surface area (Å²) in [6.07, 6.45) is 1.60. The Hall–Kier alpha value is -1.89. The Morgan fingerprint density at radius 2 is 2.25 bits per heavy atom. The minimum atomic E-state index is -0.195. The van der Waals surface area contributed by atoms with Gasteiger partial charge in [-0.05, 0) is 13.0 Å². The first-order valence-corrected chi connectivity index (χ1v) is 6.75. The van der Waals surface area contributed by atoms with Gasteiger partial charge >= 0.3 is 0 Å². The van der Waals surface area contributed by atoms with Gasteiger partial charge in [0.05, 0.1) is 6.04 Å². The number of aliphatic hydroxyl groups is 1. The summed E-state index contributed by atoms with van der Waals surface area (Å²) >= 11 is 0. The van der Waals surface area contributed by atoms with E-state index in [9.17, 15) is 14.7 Å². The van der Waals surface area contributed by atoms with Crippen LogP contribution in [0.5, 0.6) is 0 Å². The van der Waals surface area contributed by atoms with Gasteiger partial charge in [-0.3, -0.25) is 14.3 Å². The number of carbonyl (C=O) groups is 2. The molecule has 7 heteroatoms. The molecule has 2 rings (SSSR count). The van der Waals surface area contributed by atoms with Gasteiger partial charge in [-0.25, -0.2) is 0 Å². The Morgan fingerprint density at radius 3 is 2.85 bits per heavy atom. The smallest absolute Gasteiger partial charge is 0.272 e.